The van der Waals surface area contributed by atoms with Crippen LogP contribution in [0, 0.1) is 0 Å². The number of rotatable bonds is 2. The maximum Gasteiger partial charge on any atom is 0.339 e. The second kappa shape index (κ2) is 7.35. The van der Waals surface area contributed by atoms with Crippen molar-refractivity contribution < 1.29 is 14.3 Å². The topological polar surface area (TPSA) is 35.5 Å². The standard InChI is InChI=1S/C22H16Cl2O3/c1-26-22(25)21-17-10-14(23)11-19(24)20(17)16-9-5-8-15(18(16)12-27-21)13-6-3-2-4-7-13/h2-11,21H,12H2,1H3. The van der Waals surface area contributed by atoms with Crippen LogP contribution in [0.2, 0.25) is 10.0 Å². The van der Waals surface area contributed by atoms with Crippen LogP contribution in [-0.4, -0.2) is 13.1 Å². The Morgan fingerprint density at radius 3 is 2.52 bits per heavy atom. The summed E-state index contributed by atoms with van der Waals surface area (Å²) in [6.45, 7) is 0.253. The maximum atomic E-state index is 12.4. The maximum absolute atomic E-state index is 12.4. The molecule has 27 heavy (non-hydrogen) atoms. The van der Waals surface area contributed by atoms with Crippen molar-refractivity contribution in [3.05, 3.63) is 81.8 Å². The zero-order chi connectivity index (χ0) is 19.0. The number of methoxy groups -OCH3 is 1. The van der Waals surface area contributed by atoms with E-state index in [1.54, 1.807) is 12.1 Å². The van der Waals surface area contributed by atoms with E-state index in [9.17, 15) is 4.79 Å². The van der Waals surface area contributed by atoms with E-state index in [4.69, 9.17) is 32.7 Å². The number of ether oxygens (including phenoxy) is 2. The predicted molar refractivity (Wildman–Crippen MR) is 107 cm³/mol. The van der Waals surface area contributed by atoms with Crippen molar-refractivity contribution in [3.63, 3.8) is 0 Å². The van der Waals surface area contributed by atoms with Gasteiger partial charge >= 0.3 is 5.97 Å². The van der Waals surface area contributed by atoms with Crippen molar-refractivity contribution in [2.75, 3.05) is 7.11 Å². The fourth-order valence-electron chi connectivity index (χ4n) is 3.51. The van der Waals surface area contributed by atoms with E-state index < -0.39 is 12.1 Å². The number of fused-ring (bicyclic) bond motifs is 3. The molecule has 3 aromatic rings. The first-order chi connectivity index (χ1) is 13.1. The van der Waals surface area contributed by atoms with Gasteiger partial charge in [-0.3, -0.25) is 0 Å². The van der Waals surface area contributed by atoms with Crippen molar-refractivity contribution in [1.29, 1.82) is 0 Å². The molecule has 0 radical (unpaired) electrons. The summed E-state index contributed by atoms with van der Waals surface area (Å²) in [6.07, 6.45) is -0.891. The lowest BCUT2D eigenvalue weighted by Crippen LogP contribution is -2.17. The minimum Gasteiger partial charge on any atom is -0.467 e. The van der Waals surface area contributed by atoms with Gasteiger partial charge in [0.15, 0.2) is 6.10 Å². The first-order valence-electron chi connectivity index (χ1n) is 8.46. The van der Waals surface area contributed by atoms with E-state index in [0.717, 1.165) is 27.8 Å². The van der Waals surface area contributed by atoms with Crippen LogP contribution in [0.25, 0.3) is 22.3 Å². The number of hydrogen-bond donors (Lipinski definition) is 0. The van der Waals surface area contributed by atoms with Crippen LogP contribution in [0.4, 0.5) is 0 Å². The number of esters is 1. The molecule has 1 aliphatic rings. The number of carbonyl (C=O) groups excluding carboxylic acids is 1. The Kier molecular flexibility index (Phi) is 4.92. The fraction of sp³-hybridized carbons (Fsp3) is 0.136. The summed E-state index contributed by atoms with van der Waals surface area (Å²) >= 11 is 12.8. The Morgan fingerprint density at radius 1 is 1.04 bits per heavy atom. The minimum atomic E-state index is -0.891. The molecule has 3 aromatic carbocycles. The number of hydrogen-bond acceptors (Lipinski definition) is 3. The highest BCUT2D eigenvalue weighted by Gasteiger charge is 2.32. The largest absolute Gasteiger partial charge is 0.467 e. The molecule has 0 N–H and O–H groups in total. The van der Waals surface area contributed by atoms with Gasteiger partial charge in [0, 0.05) is 16.1 Å². The Morgan fingerprint density at radius 2 is 1.78 bits per heavy atom. The van der Waals surface area contributed by atoms with Crippen molar-refractivity contribution in [1.82, 2.24) is 0 Å². The Labute approximate surface area is 167 Å². The summed E-state index contributed by atoms with van der Waals surface area (Å²) in [5.41, 5.74) is 5.38. The van der Waals surface area contributed by atoms with Gasteiger partial charge in [-0.15, -0.1) is 0 Å². The summed E-state index contributed by atoms with van der Waals surface area (Å²) in [4.78, 5) is 12.4. The average molecular weight is 399 g/mol. The molecule has 0 aliphatic carbocycles. The smallest absolute Gasteiger partial charge is 0.339 e. The van der Waals surface area contributed by atoms with Crippen molar-refractivity contribution >= 4 is 29.2 Å². The van der Waals surface area contributed by atoms with Gasteiger partial charge in [0.05, 0.1) is 18.7 Å². The second-order valence-electron chi connectivity index (χ2n) is 6.26. The van der Waals surface area contributed by atoms with Gasteiger partial charge < -0.3 is 9.47 Å². The molecule has 1 aliphatic heterocycles. The summed E-state index contributed by atoms with van der Waals surface area (Å²) in [6, 6.07) is 19.5. The third kappa shape index (κ3) is 3.23. The van der Waals surface area contributed by atoms with Gasteiger partial charge in [-0.25, -0.2) is 4.79 Å². The Hall–Kier alpha value is -2.33. The van der Waals surface area contributed by atoms with Gasteiger partial charge in [0.2, 0.25) is 0 Å². The van der Waals surface area contributed by atoms with Gasteiger partial charge in [0.25, 0.3) is 0 Å². The SMILES string of the molecule is COC(=O)C1OCc2c(-c3ccccc3)cccc2-c2c(Cl)cc(Cl)cc21. The van der Waals surface area contributed by atoms with Crippen LogP contribution in [0.1, 0.15) is 17.2 Å². The number of benzene rings is 3. The highest BCUT2D eigenvalue weighted by atomic mass is 35.5. The second-order valence-corrected chi connectivity index (χ2v) is 7.11. The number of halogens is 2. The van der Waals surface area contributed by atoms with E-state index in [1.807, 2.05) is 48.5 Å². The van der Waals surface area contributed by atoms with E-state index in [-0.39, 0.29) is 6.61 Å². The molecule has 1 unspecified atom stereocenters. The third-order valence-corrected chi connectivity index (χ3v) is 5.22. The average Bonchev–Trinajstić information content (AvgIpc) is 2.84. The third-order valence-electron chi connectivity index (χ3n) is 4.71. The van der Waals surface area contributed by atoms with Crippen LogP contribution in [0.3, 0.4) is 0 Å². The number of carbonyl (C=O) groups is 1. The molecule has 0 bridgehead atoms. The highest BCUT2D eigenvalue weighted by Crippen LogP contribution is 2.45. The molecule has 1 atom stereocenters. The summed E-state index contributed by atoms with van der Waals surface area (Å²) < 4.78 is 10.9. The molecule has 136 valence electrons. The molecule has 0 spiro atoms. The van der Waals surface area contributed by atoms with Crippen LogP contribution in [0.15, 0.2) is 60.7 Å². The molecular formula is C22H16Cl2O3. The van der Waals surface area contributed by atoms with E-state index in [0.29, 0.717) is 15.6 Å². The van der Waals surface area contributed by atoms with E-state index in [1.165, 1.54) is 7.11 Å². The lowest BCUT2D eigenvalue weighted by molar-refractivity contribution is -0.155. The predicted octanol–water partition coefficient (Wildman–Crippen LogP) is 6.07. The summed E-state index contributed by atoms with van der Waals surface area (Å²) in [5.74, 6) is -0.483. The quantitative estimate of drug-likeness (QED) is 0.491. The van der Waals surface area contributed by atoms with Crippen LogP contribution >= 0.6 is 23.2 Å². The molecule has 5 heteroatoms. The van der Waals surface area contributed by atoms with Gasteiger partial charge in [-0.2, -0.15) is 0 Å². The molecule has 4 rings (SSSR count). The van der Waals surface area contributed by atoms with E-state index >= 15 is 0 Å². The van der Waals surface area contributed by atoms with Gasteiger partial charge in [-0.05, 0) is 34.4 Å². The first kappa shape index (κ1) is 18.1. The lowest BCUT2D eigenvalue weighted by atomic mass is 9.90. The first-order valence-corrected chi connectivity index (χ1v) is 9.22. The molecule has 0 fully saturated rings. The molecule has 0 saturated carbocycles. The summed E-state index contributed by atoms with van der Waals surface area (Å²) in [5, 5.41) is 0.919. The summed E-state index contributed by atoms with van der Waals surface area (Å²) in [7, 11) is 1.34. The van der Waals surface area contributed by atoms with Gasteiger partial charge in [0.1, 0.15) is 0 Å². The monoisotopic (exact) mass is 398 g/mol. The van der Waals surface area contributed by atoms with Crippen LogP contribution < -0.4 is 0 Å². The zero-order valence-corrected chi connectivity index (χ0v) is 16.1. The van der Waals surface area contributed by atoms with Crippen molar-refractivity contribution in [3.8, 4) is 22.3 Å². The molecular weight excluding hydrogens is 383 g/mol. The lowest BCUT2D eigenvalue weighted by Gasteiger charge is -2.17. The molecule has 0 aromatic heterocycles. The normalized spacial score (nSPS) is 15.4. The molecule has 3 nitrogen and oxygen atoms in total. The van der Waals surface area contributed by atoms with Crippen LogP contribution in [0.5, 0.6) is 0 Å². The van der Waals surface area contributed by atoms with Gasteiger partial charge in [-0.1, -0.05) is 71.7 Å². The Balaban J connectivity index is 1.99. The fourth-order valence-corrected chi connectivity index (χ4v) is 4.12. The molecule has 0 amide bonds. The minimum absolute atomic E-state index is 0.253. The Bertz CT molecular complexity index is 1020. The zero-order valence-electron chi connectivity index (χ0n) is 14.5. The molecule has 0 saturated heterocycles. The highest BCUT2D eigenvalue weighted by molar-refractivity contribution is 6.36. The van der Waals surface area contributed by atoms with Crippen molar-refractivity contribution in [2.24, 2.45) is 0 Å². The molecule has 1 heterocycles. The van der Waals surface area contributed by atoms with Crippen LogP contribution in [-0.2, 0) is 20.9 Å². The van der Waals surface area contributed by atoms with Crippen molar-refractivity contribution in [2.45, 2.75) is 12.7 Å². The van der Waals surface area contributed by atoms with E-state index in [2.05, 4.69) is 0 Å².